The van der Waals surface area contributed by atoms with Crippen molar-refractivity contribution in [2.45, 2.75) is 13.8 Å². The molecule has 0 unspecified atom stereocenters. The molecular weight excluding hydrogens is 785 g/mol. The molecular formula is C59H48N2O3. The monoisotopic (exact) mass is 832 g/mol. The second-order valence-electron chi connectivity index (χ2n) is 15.8. The normalized spacial score (nSPS) is 11.4. The van der Waals surface area contributed by atoms with E-state index in [0.717, 1.165) is 74.2 Å². The van der Waals surface area contributed by atoms with E-state index in [9.17, 15) is 4.79 Å². The molecule has 0 bridgehead atoms. The van der Waals surface area contributed by atoms with Crippen molar-refractivity contribution in [3.8, 4) is 11.5 Å². The second kappa shape index (κ2) is 18.9. The third-order valence-electron chi connectivity index (χ3n) is 11.4. The number of benzene rings is 9. The zero-order chi connectivity index (χ0) is 43.8. The first kappa shape index (κ1) is 41.2. The van der Waals surface area contributed by atoms with E-state index < -0.39 is 0 Å². The van der Waals surface area contributed by atoms with Crippen LogP contribution in [0, 0.1) is 6.92 Å². The third kappa shape index (κ3) is 9.35. The Morgan fingerprint density at radius 1 is 0.391 bits per heavy atom. The molecule has 9 rings (SSSR count). The number of rotatable bonds is 14. The number of aldehydes is 1. The van der Waals surface area contributed by atoms with Gasteiger partial charge in [-0.15, -0.1) is 0 Å². The Morgan fingerprint density at radius 2 is 0.734 bits per heavy atom. The maximum atomic E-state index is 11.3. The van der Waals surface area contributed by atoms with Crippen molar-refractivity contribution in [1.82, 2.24) is 0 Å². The molecule has 0 N–H and O–H groups in total. The maximum Gasteiger partial charge on any atom is 0.150 e. The molecule has 312 valence electrons. The smallest absolute Gasteiger partial charge is 0.150 e. The van der Waals surface area contributed by atoms with Crippen molar-refractivity contribution in [2.24, 2.45) is 0 Å². The van der Waals surface area contributed by atoms with E-state index in [-0.39, 0.29) is 0 Å². The first-order chi connectivity index (χ1) is 31.4. The maximum absolute atomic E-state index is 11.3. The molecule has 9 aromatic carbocycles. The molecule has 0 saturated heterocycles. The van der Waals surface area contributed by atoms with Gasteiger partial charge >= 0.3 is 0 Å². The summed E-state index contributed by atoms with van der Waals surface area (Å²) in [6.07, 6.45) is 9.55. The van der Waals surface area contributed by atoms with Crippen LogP contribution in [0.2, 0.25) is 0 Å². The summed E-state index contributed by atoms with van der Waals surface area (Å²) in [7, 11) is 1.68. The fourth-order valence-corrected chi connectivity index (χ4v) is 7.98. The van der Waals surface area contributed by atoms with E-state index in [2.05, 4.69) is 187 Å². The van der Waals surface area contributed by atoms with Gasteiger partial charge in [0.15, 0.2) is 0 Å². The standard InChI is InChI=1S/C59H48N2O3/c1-4-64-59-35-31-57(32-36-59)61(56-29-33-58(63-3)34-30-56)54-25-15-44(16-26-54)8-10-46-12-20-49-39-50-37-45(11-19-48(50)40-51(49)38-46)9-7-43-13-23-53(24-14-43)60(52-21-5-42(2)6-22-52)55-27-17-47(41-62)18-28-55/h5-41H,4H2,1-3H3/b9-7+,10-8+. The first-order valence-electron chi connectivity index (χ1n) is 21.6. The second-order valence-corrected chi connectivity index (χ2v) is 15.8. The molecule has 0 aromatic heterocycles. The van der Waals surface area contributed by atoms with Crippen LogP contribution in [0.15, 0.2) is 194 Å². The fourth-order valence-electron chi connectivity index (χ4n) is 7.98. The molecule has 5 heteroatoms. The lowest BCUT2D eigenvalue weighted by atomic mass is 9.99. The van der Waals surface area contributed by atoms with Gasteiger partial charge in [0.05, 0.1) is 13.7 Å². The molecule has 5 nitrogen and oxygen atoms in total. The van der Waals surface area contributed by atoms with Crippen molar-refractivity contribution in [3.63, 3.8) is 0 Å². The molecule has 0 aliphatic rings. The molecule has 0 fully saturated rings. The number of hydrogen-bond acceptors (Lipinski definition) is 5. The van der Waals surface area contributed by atoms with Crippen LogP contribution in [-0.2, 0) is 0 Å². The van der Waals surface area contributed by atoms with Gasteiger partial charge in [-0.2, -0.15) is 0 Å². The average molecular weight is 833 g/mol. The number of carbonyl (C=O) groups excluding carboxylic acids is 1. The number of hydrogen-bond donors (Lipinski definition) is 0. The van der Waals surface area contributed by atoms with Crippen LogP contribution in [0.5, 0.6) is 11.5 Å². The molecule has 0 saturated carbocycles. The van der Waals surface area contributed by atoms with Crippen molar-refractivity contribution < 1.29 is 14.3 Å². The summed E-state index contributed by atoms with van der Waals surface area (Å²) < 4.78 is 11.1. The van der Waals surface area contributed by atoms with Gasteiger partial charge < -0.3 is 19.3 Å². The lowest BCUT2D eigenvalue weighted by Gasteiger charge is -2.26. The number of anilines is 6. The molecule has 0 amide bonds. The zero-order valence-electron chi connectivity index (χ0n) is 36.2. The predicted molar refractivity (Wildman–Crippen MR) is 269 cm³/mol. The van der Waals surface area contributed by atoms with Crippen LogP contribution in [0.1, 0.15) is 45.1 Å². The third-order valence-corrected chi connectivity index (χ3v) is 11.4. The highest BCUT2D eigenvalue weighted by molar-refractivity contribution is 6.00. The number of aryl methyl sites for hydroxylation is 1. The van der Waals surface area contributed by atoms with Crippen LogP contribution >= 0.6 is 0 Å². The van der Waals surface area contributed by atoms with Gasteiger partial charge in [-0.25, -0.2) is 0 Å². The van der Waals surface area contributed by atoms with Crippen LogP contribution in [0.25, 0.3) is 45.8 Å². The highest BCUT2D eigenvalue weighted by Gasteiger charge is 2.14. The number of carbonyl (C=O) groups is 1. The Balaban J connectivity index is 0.898. The first-order valence-corrected chi connectivity index (χ1v) is 21.6. The minimum Gasteiger partial charge on any atom is -0.497 e. The van der Waals surface area contributed by atoms with Crippen molar-refractivity contribution in [3.05, 3.63) is 228 Å². The van der Waals surface area contributed by atoms with Gasteiger partial charge in [-0.3, -0.25) is 4.79 Å². The molecule has 0 aliphatic carbocycles. The highest BCUT2D eigenvalue weighted by Crippen LogP contribution is 2.38. The van der Waals surface area contributed by atoms with E-state index in [0.29, 0.717) is 12.2 Å². The summed E-state index contributed by atoms with van der Waals surface area (Å²) in [5, 5.41) is 4.82. The van der Waals surface area contributed by atoms with Gasteiger partial charge in [0.25, 0.3) is 0 Å². The Morgan fingerprint density at radius 3 is 1.12 bits per heavy atom. The number of nitrogens with zero attached hydrogens (tertiary/aromatic N) is 2. The fraction of sp³-hybridized carbons (Fsp3) is 0.0678. The Kier molecular flexibility index (Phi) is 12.1. The quantitative estimate of drug-likeness (QED) is 0.0620. The molecule has 0 spiro atoms. The van der Waals surface area contributed by atoms with E-state index >= 15 is 0 Å². The van der Waals surface area contributed by atoms with Crippen LogP contribution in [0.3, 0.4) is 0 Å². The predicted octanol–water partition coefficient (Wildman–Crippen LogP) is 15.8. The van der Waals surface area contributed by atoms with Gasteiger partial charge in [0, 0.05) is 39.7 Å². The minimum absolute atomic E-state index is 0.629. The summed E-state index contributed by atoms with van der Waals surface area (Å²) in [4.78, 5) is 15.8. The van der Waals surface area contributed by atoms with Crippen LogP contribution in [0.4, 0.5) is 34.1 Å². The van der Waals surface area contributed by atoms with Gasteiger partial charge in [-0.05, 0) is 191 Å². The summed E-state index contributed by atoms with van der Waals surface area (Å²) >= 11 is 0. The summed E-state index contributed by atoms with van der Waals surface area (Å²) in [5.74, 6) is 1.67. The Hall–Kier alpha value is -8.15. The Bertz CT molecular complexity index is 3080. The van der Waals surface area contributed by atoms with Crippen LogP contribution in [-0.4, -0.2) is 20.0 Å². The summed E-state index contributed by atoms with van der Waals surface area (Å²) in [5.41, 5.74) is 12.6. The topological polar surface area (TPSA) is 42.0 Å². The van der Waals surface area contributed by atoms with Crippen molar-refractivity contribution in [1.29, 1.82) is 0 Å². The van der Waals surface area contributed by atoms with Gasteiger partial charge in [-0.1, -0.05) is 90.5 Å². The van der Waals surface area contributed by atoms with Crippen LogP contribution < -0.4 is 19.3 Å². The number of fused-ring (bicyclic) bond motifs is 2. The van der Waals surface area contributed by atoms with Crippen molar-refractivity contribution >= 4 is 86.3 Å². The SMILES string of the molecule is CCOc1ccc(N(c2ccc(/C=C/c3ccc4cc5cc(/C=C/c6ccc(N(c7ccc(C)cc7)c7ccc(C=O)cc7)cc6)ccc5cc4c3)cc2)c2ccc(OC)cc2)cc1. The molecule has 64 heavy (non-hydrogen) atoms. The van der Waals surface area contributed by atoms with Crippen molar-refractivity contribution in [2.75, 3.05) is 23.5 Å². The summed E-state index contributed by atoms with van der Waals surface area (Å²) in [6.45, 7) is 4.71. The molecule has 0 aliphatic heterocycles. The molecule has 0 heterocycles. The van der Waals surface area contributed by atoms with Gasteiger partial charge in [0.2, 0.25) is 0 Å². The lowest BCUT2D eigenvalue weighted by molar-refractivity contribution is 0.112. The average Bonchev–Trinajstić information content (AvgIpc) is 3.34. The zero-order valence-corrected chi connectivity index (χ0v) is 36.2. The van der Waals surface area contributed by atoms with E-state index in [1.54, 1.807) is 7.11 Å². The molecule has 0 atom stereocenters. The van der Waals surface area contributed by atoms with E-state index in [4.69, 9.17) is 9.47 Å². The minimum atomic E-state index is 0.629. The highest BCUT2D eigenvalue weighted by atomic mass is 16.5. The molecule has 0 radical (unpaired) electrons. The van der Waals surface area contributed by atoms with E-state index in [1.165, 1.54) is 27.1 Å². The van der Waals surface area contributed by atoms with Gasteiger partial charge in [0.1, 0.15) is 17.8 Å². The number of ether oxygens (including phenoxy) is 2. The lowest BCUT2D eigenvalue weighted by Crippen LogP contribution is -2.09. The molecule has 9 aromatic rings. The van der Waals surface area contributed by atoms with E-state index in [1.807, 2.05) is 55.5 Å². The Labute approximate surface area is 375 Å². The largest absolute Gasteiger partial charge is 0.497 e. The summed E-state index contributed by atoms with van der Waals surface area (Å²) in [6, 6.07) is 67.6. The number of methoxy groups -OCH3 is 1.